The number of hydrogen-bond acceptors (Lipinski definition) is 6. The third kappa shape index (κ3) is 2.21. The second-order valence-corrected chi connectivity index (χ2v) is 6.81. The molecule has 2 aromatic heterocycles. The highest BCUT2D eigenvalue weighted by Crippen LogP contribution is 2.36. The Balaban J connectivity index is 1.33. The van der Waals surface area contributed by atoms with E-state index in [4.69, 9.17) is 4.42 Å². The number of aromatic nitrogens is 3. The molecule has 0 spiro atoms. The molecule has 2 unspecified atom stereocenters. The molecule has 2 atom stereocenters. The van der Waals surface area contributed by atoms with Crippen LogP contribution in [0.4, 0.5) is 11.8 Å². The van der Waals surface area contributed by atoms with E-state index in [9.17, 15) is 0 Å². The molecule has 2 saturated heterocycles. The lowest BCUT2D eigenvalue weighted by atomic mass is 10.0. The summed E-state index contributed by atoms with van der Waals surface area (Å²) in [5.41, 5.74) is 2.82. The first-order valence-electron chi connectivity index (χ1n) is 8.40. The Labute approximate surface area is 140 Å². The number of aryl methyl sites for hydroxylation is 1. The number of rotatable bonds is 2. The minimum atomic E-state index is 0.635. The van der Waals surface area contributed by atoms with E-state index in [1.165, 1.54) is 0 Å². The lowest BCUT2D eigenvalue weighted by Crippen LogP contribution is -2.29. The largest absolute Gasteiger partial charge is 0.423 e. The van der Waals surface area contributed by atoms with Crippen LogP contribution in [-0.4, -0.2) is 41.1 Å². The molecule has 5 rings (SSSR count). The van der Waals surface area contributed by atoms with Crippen molar-refractivity contribution >= 4 is 22.9 Å². The standard InChI is InChI=1S/C18H19N5O/c1-12-6-17(20-11-19-12)22-7-13-9-23(10-14(13)8-22)18-21-15-4-2-3-5-16(15)24-18/h2-6,11,13-14H,7-10H2,1H3. The number of anilines is 2. The topological polar surface area (TPSA) is 58.3 Å². The predicted octanol–water partition coefficient (Wildman–Crippen LogP) is 2.50. The Kier molecular flexibility index (Phi) is 2.98. The molecule has 4 heterocycles. The van der Waals surface area contributed by atoms with Gasteiger partial charge in [-0.2, -0.15) is 4.98 Å². The Morgan fingerprint density at radius 3 is 2.50 bits per heavy atom. The average molecular weight is 321 g/mol. The summed E-state index contributed by atoms with van der Waals surface area (Å²) in [6, 6.07) is 10.8. The van der Waals surface area contributed by atoms with Gasteiger partial charge < -0.3 is 14.2 Å². The molecule has 0 bridgehead atoms. The van der Waals surface area contributed by atoms with Crippen molar-refractivity contribution in [3.05, 3.63) is 42.4 Å². The minimum absolute atomic E-state index is 0.635. The van der Waals surface area contributed by atoms with Crippen LogP contribution in [-0.2, 0) is 0 Å². The van der Waals surface area contributed by atoms with E-state index >= 15 is 0 Å². The second-order valence-electron chi connectivity index (χ2n) is 6.81. The quantitative estimate of drug-likeness (QED) is 0.723. The average Bonchev–Trinajstić information content (AvgIpc) is 3.26. The third-order valence-electron chi connectivity index (χ3n) is 5.15. The fourth-order valence-electron chi connectivity index (χ4n) is 3.95. The van der Waals surface area contributed by atoms with Crippen molar-refractivity contribution in [3.63, 3.8) is 0 Å². The van der Waals surface area contributed by atoms with Gasteiger partial charge in [-0.3, -0.25) is 0 Å². The molecule has 0 amide bonds. The van der Waals surface area contributed by atoms with Crippen molar-refractivity contribution in [1.29, 1.82) is 0 Å². The number of fused-ring (bicyclic) bond motifs is 2. The summed E-state index contributed by atoms with van der Waals surface area (Å²) in [4.78, 5) is 17.9. The minimum Gasteiger partial charge on any atom is -0.423 e. The van der Waals surface area contributed by atoms with Crippen LogP contribution >= 0.6 is 0 Å². The van der Waals surface area contributed by atoms with Crippen LogP contribution in [0.2, 0.25) is 0 Å². The molecule has 0 saturated carbocycles. The van der Waals surface area contributed by atoms with E-state index < -0.39 is 0 Å². The molecule has 24 heavy (non-hydrogen) atoms. The van der Waals surface area contributed by atoms with Crippen molar-refractivity contribution in [2.45, 2.75) is 6.92 Å². The van der Waals surface area contributed by atoms with Gasteiger partial charge in [0.15, 0.2) is 5.58 Å². The Hall–Kier alpha value is -2.63. The lowest BCUT2D eigenvalue weighted by molar-refractivity contribution is 0.533. The molecule has 6 heteroatoms. The Morgan fingerprint density at radius 1 is 1.00 bits per heavy atom. The molecule has 2 aliphatic rings. The molecule has 0 aliphatic carbocycles. The number of hydrogen-bond donors (Lipinski definition) is 0. The van der Waals surface area contributed by atoms with Gasteiger partial charge in [0.1, 0.15) is 17.7 Å². The van der Waals surface area contributed by atoms with Crippen LogP contribution in [0, 0.1) is 18.8 Å². The maximum absolute atomic E-state index is 5.93. The van der Waals surface area contributed by atoms with E-state index in [-0.39, 0.29) is 0 Å². The zero-order valence-corrected chi connectivity index (χ0v) is 13.6. The summed E-state index contributed by atoms with van der Waals surface area (Å²) in [7, 11) is 0. The number of para-hydroxylation sites is 2. The fraction of sp³-hybridized carbons (Fsp3) is 0.389. The SMILES string of the molecule is Cc1cc(N2CC3CN(c4nc5ccccc5o4)CC3C2)ncn1. The van der Waals surface area contributed by atoms with Crippen molar-refractivity contribution in [2.24, 2.45) is 11.8 Å². The number of benzene rings is 1. The van der Waals surface area contributed by atoms with Crippen LogP contribution < -0.4 is 9.80 Å². The molecule has 3 aromatic rings. The second kappa shape index (κ2) is 5.19. The Bertz CT molecular complexity index is 845. The first-order chi connectivity index (χ1) is 11.8. The van der Waals surface area contributed by atoms with E-state index in [1.54, 1.807) is 6.33 Å². The maximum atomic E-state index is 5.93. The van der Waals surface area contributed by atoms with Gasteiger partial charge in [-0.05, 0) is 19.1 Å². The maximum Gasteiger partial charge on any atom is 0.298 e. The van der Waals surface area contributed by atoms with Gasteiger partial charge in [0.2, 0.25) is 0 Å². The van der Waals surface area contributed by atoms with Crippen LogP contribution in [0.5, 0.6) is 0 Å². The molecule has 2 fully saturated rings. The predicted molar refractivity (Wildman–Crippen MR) is 92.2 cm³/mol. The van der Waals surface area contributed by atoms with Crippen LogP contribution in [0.3, 0.4) is 0 Å². The van der Waals surface area contributed by atoms with Crippen molar-refractivity contribution < 1.29 is 4.42 Å². The fourth-order valence-corrected chi connectivity index (χ4v) is 3.95. The highest BCUT2D eigenvalue weighted by molar-refractivity contribution is 5.74. The zero-order valence-electron chi connectivity index (χ0n) is 13.6. The first-order valence-corrected chi connectivity index (χ1v) is 8.40. The summed E-state index contributed by atoms with van der Waals surface area (Å²) in [6.45, 7) is 6.09. The molecule has 1 aromatic carbocycles. The van der Waals surface area contributed by atoms with Crippen molar-refractivity contribution in [2.75, 3.05) is 36.0 Å². The zero-order chi connectivity index (χ0) is 16.1. The summed E-state index contributed by atoms with van der Waals surface area (Å²) in [5, 5.41) is 0. The first kappa shape index (κ1) is 13.8. The summed E-state index contributed by atoms with van der Waals surface area (Å²) >= 11 is 0. The lowest BCUT2D eigenvalue weighted by Gasteiger charge is -2.21. The smallest absolute Gasteiger partial charge is 0.298 e. The van der Waals surface area contributed by atoms with Gasteiger partial charge in [-0.25, -0.2) is 9.97 Å². The summed E-state index contributed by atoms with van der Waals surface area (Å²) in [5.74, 6) is 2.32. The number of nitrogens with zero attached hydrogens (tertiary/aromatic N) is 5. The molecule has 122 valence electrons. The summed E-state index contributed by atoms with van der Waals surface area (Å²) < 4.78 is 5.93. The third-order valence-corrected chi connectivity index (χ3v) is 5.15. The van der Waals surface area contributed by atoms with Crippen LogP contribution in [0.25, 0.3) is 11.1 Å². The molecule has 2 aliphatic heterocycles. The van der Waals surface area contributed by atoms with Gasteiger partial charge >= 0.3 is 0 Å². The van der Waals surface area contributed by atoms with E-state index in [1.807, 2.05) is 31.2 Å². The van der Waals surface area contributed by atoms with E-state index in [0.717, 1.165) is 54.8 Å². The van der Waals surface area contributed by atoms with Gasteiger partial charge in [0.25, 0.3) is 6.01 Å². The van der Waals surface area contributed by atoms with Crippen molar-refractivity contribution in [1.82, 2.24) is 15.0 Å². The number of oxazole rings is 1. The van der Waals surface area contributed by atoms with Gasteiger partial charge in [0.05, 0.1) is 0 Å². The summed E-state index contributed by atoms with van der Waals surface area (Å²) in [6.07, 6.45) is 1.66. The molecular weight excluding hydrogens is 302 g/mol. The van der Waals surface area contributed by atoms with E-state index in [2.05, 4.69) is 30.8 Å². The molecule has 0 radical (unpaired) electrons. The van der Waals surface area contributed by atoms with Crippen LogP contribution in [0.1, 0.15) is 5.69 Å². The normalized spacial score (nSPS) is 23.2. The van der Waals surface area contributed by atoms with Gasteiger partial charge in [-0.15, -0.1) is 0 Å². The van der Waals surface area contributed by atoms with Gasteiger partial charge in [0, 0.05) is 49.8 Å². The molecule has 0 N–H and O–H groups in total. The highest BCUT2D eigenvalue weighted by Gasteiger charge is 2.41. The molecular formula is C18H19N5O. The highest BCUT2D eigenvalue weighted by atomic mass is 16.4. The molecule has 6 nitrogen and oxygen atoms in total. The van der Waals surface area contributed by atoms with E-state index in [0.29, 0.717) is 11.8 Å². The van der Waals surface area contributed by atoms with Crippen molar-refractivity contribution in [3.8, 4) is 0 Å². The Morgan fingerprint density at radius 2 is 1.75 bits per heavy atom. The van der Waals surface area contributed by atoms with Gasteiger partial charge in [-0.1, -0.05) is 12.1 Å². The van der Waals surface area contributed by atoms with Crippen LogP contribution in [0.15, 0.2) is 41.1 Å². The monoisotopic (exact) mass is 321 g/mol.